The van der Waals surface area contributed by atoms with Crippen molar-refractivity contribution >= 4 is 0 Å². The lowest BCUT2D eigenvalue weighted by Crippen LogP contribution is -2.57. The quantitative estimate of drug-likeness (QED) is 0.671. The van der Waals surface area contributed by atoms with Gasteiger partial charge in [-0.2, -0.15) is 0 Å². The smallest absolute Gasteiger partial charge is 0.0628 e. The van der Waals surface area contributed by atoms with E-state index in [0.717, 1.165) is 26.3 Å². The standard InChI is InChI=1S/C11H22N2O/c1-9-6-12-4-5-13(9)10-7-14-8-11(10,2)3/h9-10,12H,4-8H2,1-3H3. The van der Waals surface area contributed by atoms with Crippen molar-refractivity contribution in [2.24, 2.45) is 5.41 Å². The number of nitrogens with one attached hydrogen (secondary N) is 1. The van der Waals surface area contributed by atoms with Crippen molar-refractivity contribution in [3.63, 3.8) is 0 Å². The molecule has 82 valence electrons. The van der Waals surface area contributed by atoms with Gasteiger partial charge < -0.3 is 10.1 Å². The lowest BCUT2D eigenvalue weighted by Gasteiger charge is -2.42. The van der Waals surface area contributed by atoms with E-state index in [9.17, 15) is 0 Å². The molecule has 0 radical (unpaired) electrons. The van der Waals surface area contributed by atoms with Gasteiger partial charge in [-0.05, 0) is 6.92 Å². The SMILES string of the molecule is CC1CNCCN1C1COCC1(C)C. The van der Waals surface area contributed by atoms with Crippen LogP contribution in [0.4, 0.5) is 0 Å². The van der Waals surface area contributed by atoms with Crippen molar-refractivity contribution in [1.29, 1.82) is 0 Å². The molecule has 0 spiro atoms. The number of hydrogen-bond acceptors (Lipinski definition) is 3. The molecular formula is C11H22N2O. The number of hydrogen-bond donors (Lipinski definition) is 1. The molecule has 2 unspecified atom stereocenters. The largest absolute Gasteiger partial charge is 0.379 e. The molecule has 2 aliphatic rings. The van der Waals surface area contributed by atoms with Crippen LogP contribution >= 0.6 is 0 Å². The van der Waals surface area contributed by atoms with Crippen LogP contribution in [0.3, 0.4) is 0 Å². The fourth-order valence-corrected chi connectivity index (χ4v) is 2.62. The summed E-state index contributed by atoms with van der Waals surface area (Å²) in [5.74, 6) is 0. The van der Waals surface area contributed by atoms with Crippen LogP contribution in [-0.4, -0.2) is 49.8 Å². The van der Waals surface area contributed by atoms with Crippen LogP contribution < -0.4 is 5.32 Å². The topological polar surface area (TPSA) is 24.5 Å². The Morgan fingerprint density at radius 3 is 2.79 bits per heavy atom. The summed E-state index contributed by atoms with van der Waals surface area (Å²) in [7, 11) is 0. The van der Waals surface area contributed by atoms with Gasteiger partial charge in [-0.3, -0.25) is 4.90 Å². The Hall–Kier alpha value is -0.120. The Morgan fingerprint density at radius 1 is 1.43 bits per heavy atom. The van der Waals surface area contributed by atoms with Gasteiger partial charge in [0.2, 0.25) is 0 Å². The first-order chi connectivity index (χ1) is 6.61. The molecule has 0 amide bonds. The molecule has 0 aromatic heterocycles. The molecule has 1 N–H and O–H groups in total. The number of rotatable bonds is 1. The molecule has 0 bridgehead atoms. The predicted molar refractivity (Wildman–Crippen MR) is 57.4 cm³/mol. The number of piperazine rings is 1. The Balaban J connectivity index is 2.05. The van der Waals surface area contributed by atoms with Gasteiger partial charge in [-0.25, -0.2) is 0 Å². The van der Waals surface area contributed by atoms with E-state index >= 15 is 0 Å². The average Bonchev–Trinajstić information content (AvgIpc) is 2.46. The second-order valence-corrected chi connectivity index (χ2v) is 5.31. The molecule has 2 atom stereocenters. The molecule has 2 aliphatic heterocycles. The van der Waals surface area contributed by atoms with Crippen molar-refractivity contribution < 1.29 is 4.74 Å². The van der Waals surface area contributed by atoms with Gasteiger partial charge in [0.15, 0.2) is 0 Å². The zero-order valence-corrected chi connectivity index (χ0v) is 9.55. The highest BCUT2D eigenvalue weighted by molar-refractivity contribution is 4.94. The third-order valence-electron chi connectivity index (χ3n) is 3.60. The number of ether oxygens (including phenoxy) is 1. The molecule has 2 saturated heterocycles. The lowest BCUT2D eigenvalue weighted by molar-refractivity contribution is 0.0679. The maximum absolute atomic E-state index is 5.61. The van der Waals surface area contributed by atoms with Gasteiger partial charge in [0, 0.05) is 37.1 Å². The zero-order valence-electron chi connectivity index (χ0n) is 9.55. The first-order valence-corrected chi connectivity index (χ1v) is 5.65. The molecular weight excluding hydrogens is 176 g/mol. The summed E-state index contributed by atoms with van der Waals surface area (Å²) < 4.78 is 5.61. The van der Waals surface area contributed by atoms with Crippen LogP contribution in [0, 0.1) is 5.41 Å². The van der Waals surface area contributed by atoms with Crippen LogP contribution in [0.25, 0.3) is 0 Å². The summed E-state index contributed by atoms with van der Waals surface area (Å²) in [4.78, 5) is 2.61. The summed E-state index contributed by atoms with van der Waals surface area (Å²) in [5, 5.41) is 3.43. The highest BCUT2D eigenvalue weighted by Gasteiger charge is 2.41. The minimum Gasteiger partial charge on any atom is -0.379 e. The summed E-state index contributed by atoms with van der Waals surface area (Å²) in [6, 6.07) is 1.26. The van der Waals surface area contributed by atoms with E-state index in [2.05, 4.69) is 31.0 Å². The monoisotopic (exact) mass is 198 g/mol. The molecule has 0 aromatic rings. The Bertz CT molecular complexity index is 205. The van der Waals surface area contributed by atoms with E-state index in [1.165, 1.54) is 6.54 Å². The van der Waals surface area contributed by atoms with Crippen LogP contribution in [0.2, 0.25) is 0 Å². The average molecular weight is 198 g/mol. The minimum atomic E-state index is 0.325. The van der Waals surface area contributed by atoms with Gasteiger partial charge >= 0.3 is 0 Å². The van der Waals surface area contributed by atoms with Crippen molar-refractivity contribution in [3.05, 3.63) is 0 Å². The molecule has 0 saturated carbocycles. The second kappa shape index (κ2) is 3.80. The predicted octanol–water partition coefficient (Wildman–Crippen LogP) is 0.705. The summed E-state index contributed by atoms with van der Waals surface area (Å²) in [6.07, 6.45) is 0. The van der Waals surface area contributed by atoms with E-state index in [-0.39, 0.29) is 0 Å². The van der Waals surface area contributed by atoms with E-state index in [1.54, 1.807) is 0 Å². The van der Waals surface area contributed by atoms with E-state index < -0.39 is 0 Å². The Labute approximate surface area is 86.8 Å². The fourth-order valence-electron chi connectivity index (χ4n) is 2.62. The first-order valence-electron chi connectivity index (χ1n) is 5.65. The third kappa shape index (κ3) is 1.81. The van der Waals surface area contributed by atoms with E-state index in [4.69, 9.17) is 4.74 Å². The molecule has 3 nitrogen and oxygen atoms in total. The van der Waals surface area contributed by atoms with Gasteiger partial charge in [0.1, 0.15) is 0 Å². The highest BCUT2D eigenvalue weighted by Crippen LogP contribution is 2.32. The summed E-state index contributed by atoms with van der Waals surface area (Å²) in [5.41, 5.74) is 0.325. The van der Waals surface area contributed by atoms with Crippen LogP contribution in [0.1, 0.15) is 20.8 Å². The maximum Gasteiger partial charge on any atom is 0.0628 e. The summed E-state index contributed by atoms with van der Waals surface area (Å²) in [6.45, 7) is 12.2. The molecule has 3 heteroatoms. The van der Waals surface area contributed by atoms with Gasteiger partial charge in [0.25, 0.3) is 0 Å². The minimum absolute atomic E-state index is 0.325. The van der Waals surface area contributed by atoms with Crippen LogP contribution in [-0.2, 0) is 4.74 Å². The summed E-state index contributed by atoms with van der Waals surface area (Å²) >= 11 is 0. The molecule has 2 fully saturated rings. The maximum atomic E-state index is 5.61. The Kier molecular flexibility index (Phi) is 2.82. The lowest BCUT2D eigenvalue weighted by atomic mass is 9.86. The van der Waals surface area contributed by atoms with E-state index in [1.807, 2.05) is 0 Å². The van der Waals surface area contributed by atoms with Gasteiger partial charge in [0.05, 0.1) is 13.2 Å². The molecule has 0 aliphatic carbocycles. The zero-order chi connectivity index (χ0) is 10.2. The highest BCUT2D eigenvalue weighted by atomic mass is 16.5. The molecule has 14 heavy (non-hydrogen) atoms. The van der Waals surface area contributed by atoms with Crippen molar-refractivity contribution in [3.8, 4) is 0 Å². The first kappa shape index (κ1) is 10.4. The van der Waals surface area contributed by atoms with Crippen molar-refractivity contribution in [2.45, 2.75) is 32.9 Å². The normalized spacial score (nSPS) is 38.8. The molecule has 2 rings (SSSR count). The Morgan fingerprint density at radius 2 is 2.21 bits per heavy atom. The van der Waals surface area contributed by atoms with Crippen LogP contribution in [0.15, 0.2) is 0 Å². The van der Waals surface area contributed by atoms with Crippen molar-refractivity contribution in [2.75, 3.05) is 32.8 Å². The number of nitrogens with zero attached hydrogens (tertiary/aromatic N) is 1. The van der Waals surface area contributed by atoms with Gasteiger partial charge in [-0.15, -0.1) is 0 Å². The van der Waals surface area contributed by atoms with Crippen molar-refractivity contribution in [1.82, 2.24) is 10.2 Å². The second-order valence-electron chi connectivity index (χ2n) is 5.31. The van der Waals surface area contributed by atoms with Crippen LogP contribution in [0.5, 0.6) is 0 Å². The van der Waals surface area contributed by atoms with E-state index in [0.29, 0.717) is 17.5 Å². The van der Waals surface area contributed by atoms with Gasteiger partial charge in [-0.1, -0.05) is 13.8 Å². The molecule has 0 aromatic carbocycles. The fraction of sp³-hybridized carbons (Fsp3) is 1.00. The third-order valence-corrected chi connectivity index (χ3v) is 3.60. The molecule has 2 heterocycles.